The molecule has 1 aromatic rings. The minimum absolute atomic E-state index is 0.378. The van der Waals surface area contributed by atoms with Gasteiger partial charge < -0.3 is 4.90 Å². The van der Waals surface area contributed by atoms with E-state index in [1.807, 2.05) is 13.1 Å². The summed E-state index contributed by atoms with van der Waals surface area (Å²) in [6, 6.07) is 1.89. The molecule has 0 aliphatic carbocycles. The third-order valence-electron chi connectivity index (χ3n) is 1.91. The van der Waals surface area contributed by atoms with Crippen LogP contribution >= 0.6 is 23.2 Å². The highest BCUT2D eigenvalue weighted by Crippen LogP contribution is 2.23. The first-order valence-electron chi connectivity index (χ1n) is 4.12. The molecule has 0 aliphatic heterocycles. The zero-order chi connectivity index (χ0) is 9.84. The molecule has 0 bridgehead atoms. The molecule has 0 aromatic carbocycles. The first-order chi connectivity index (χ1) is 6.15. The lowest BCUT2D eigenvalue weighted by atomic mass is 10.2. The number of pyridine rings is 1. The van der Waals surface area contributed by atoms with Crippen molar-refractivity contribution in [1.29, 1.82) is 0 Å². The number of nitrogens with zero attached hydrogens (tertiary/aromatic N) is 2. The Hall–Kier alpha value is -0.310. The van der Waals surface area contributed by atoms with Crippen LogP contribution in [0.4, 0.5) is 0 Å². The molecule has 0 amide bonds. The second kappa shape index (κ2) is 4.80. The summed E-state index contributed by atoms with van der Waals surface area (Å²) < 4.78 is 0. The maximum absolute atomic E-state index is 5.97. The maximum Gasteiger partial charge on any atom is 0.147 e. The van der Waals surface area contributed by atoms with Crippen LogP contribution in [-0.4, -0.2) is 23.5 Å². The third-order valence-corrected chi connectivity index (χ3v) is 2.71. The quantitative estimate of drug-likeness (QED) is 0.726. The first kappa shape index (κ1) is 10.8. The lowest BCUT2D eigenvalue weighted by molar-refractivity contribution is 0.346. The summed E-state index contributed by atoms with van der Waals surface area (Å²) in [4.78, 5) is 6.04. The Bertz CT molecular complexity index is 289. The minimum Gasteiger partial charge on any atom is -0.302 e. The number of hydrogen-bond donors (Lipinski definition) is 0. The van der Waals surface area contributed by atoms with Crippen molar-refractivity contribution < 1.29 is 0 Å². The van der Waals surface area contributed by atoms with Crippen LogP contribution in [0.1, 0.15) is 12.5 Å². The average Bonchev–Trinajstić information content (AvgIpc) is 2.13. The molecule has 0 radical (unpaired) electrons. The molecular formula is C9H12Cl2N2. The van der Waals surface area contributed by atoms with Gasteiger partial charge in [0.05, 0.1) is 5.02 Å². The molecule has 0 N–H and O–H groups in total. The van der Waals surface area contributed by atoms with Crippen molar-refractivity contribution in [3.05, 3.63) is 28.0 Å². The molecule has 0 fully saturated rings. The molecule has 72 valence electrons. The summed E-state index contributed by atoms with van der Waals surface area (Å²) in [7, 11) is 2.03. The molecular weight excluding hydrogens is 207 g/mol. The van der Waals surface area contributed by atoms with Gasteiger partial charge in [0, 0.05) is 12.7 Å². The smallest absolute Gasteiger partial charge is 0.147 e. The van der Waals surface area contributed by atoms with Crippen LogP contribution in [0.15, 0.2) is 12.3 Å². The van der Waals surface area contributed by atoms with E-state index in [0.29, 0.717) is 10.2 Å². The van der Waals surface area contributed by atoms with E-state index in [0.717, 1.165) is 18.7 Å². The van der Waals surface area contributed by atoms with Crippen LogP contribution in [0.2, 0.25) is 10.2 Å². The van der Waals surface area contributed by atoms with Crippen LogP contribution < -0.4 is 0 Å². The van der Waals surface area contributed by atoms with E-state index in [1.54, 1.807) is 6.20 Å². The van der Waals surface area contributed by atoms with Crippen LogP contribution in [0.25, 0.3) is 0 Å². The lowest BCUT2D eigenvalue weighted by Crippen LogP contribution is -2.17. The van der Waals surface area contributed by atoms with Gasteiger partial charge in [0.1, 0.15) is 5.15 Å². The summed E-state index contributed by atoms with van der Waals surface area (Å²) in [5.41, 5.74) is 1.02. The zero-order valence-corrected chi connectivity index (χ0v) is 9.23. The van der Waals surface area contributed by atoms with Crippen molar-refractivity contribution in [2.24, 2.45) is 0 Å². The van der Waals surface area contributed by atoms with Gasteiger partial charge in [-0.2, -0.15) is 0 Å². The van der Waals surface area contributed by atoms with E-state index in [1.165, 1.54) is 0 Å². The van der Waals surface area contributed by atoms with Crippen molar-refractivity contribution in [2.45, 2.75) is 13.5 Å². The molecule has 1 rings (SSSR count). The van der Waals surface area contributed by atoms with Gasteiger partial charge in [-0.15, -0.1) is 0 Å². The Balaban J connectivity index is 2.83. The molecule has 0 spiro atoms. The summed E-state index contributed by atoms with van der Waals surface area (Å²) in [6.45, 7) is 3.88. The summed E-state index contributed by atoms with van der Waals surface area (Å²) in [5, 5.41) is 0.938. The number of rotatable bonds is 3. The number of aromatic nitrogens is 1. The van der Waals surface area contributed by atoms with Crippen LogP contribution in [0.3, 0.4) is 0 Å². The molecule has 2 nitrogen and oxygen atoms in total. The largest absolute Gasteiger partial charge is 0.302 e. The summed E-state index contributed by atoms with van der Waals surface area (Å²) >= 11 is 11.8. The number of hydrogen-bond acceptors (Lipinski definition) is 2. The molecule has 4 heteroatoms. The van der Waals surface area contributed by atoms with E-state index in [9.17, 15) is 0 Å². The summed E-state index contributed by atoms with van der Waals surface area (Å²) in [5.74, 6) is 0. The van der Waals surface area contributed by atoms with Gasteiger partial charge in [-0.1, -0.05) is 30.1 Å². The Morgan fingerprint density at radius 2 is 2.15 bits per heavy atom. The van der Waals surface area contributed by atoms with E-state index < -0.39 is 0 Å². The molecule has 1 heterocycles. The highest BCUT2D eigenvalue weighted by Gasteiger charge is 2.06. The van der Waals surface area contributed by atoms with E-state index >= 15 is 0 Å². The Kier molecular flexibility index (Phi) is 3.97. The lowest BCUT2D eigenvalue weighted by Gasteiger charge is -2.14. The fourth-order valence-electron chi connectivity index (χ4n) is 0.980. The fourth-order valence-corrected chi connectivity index (χ4v) is 1.33. The SMILES string of the molecule is CCN(C)Cc1ccnc(Cl)c1Cl. The normalized spacial score (nSPS) is 10.8. The maximum atomic E-state index is 5.97. The molecule has 13 heavy (non-hydrogen) atoms. The molecule has 0 aliphatic rings. The standard InChI is InChI=1S/C9H12Cl2N2/c1-3-13(2)6-7-4-5-12-9(11)8(7)10/h4-5H,3,6H2,1-2H3. The van der Waals surface area contributed by atoms with Crippen molar-refractivity contribution in [1.82, 2.24) is 9.88 Å². The van der Waals surface area contributed by atoms with E-state index in [4.69, 9.17) is 23.2 Å². The highest BCUT2D eigenvalue weighted by molar-refractivity contribution is 6.41. The Morgan fingerprint density at radius 3 is 2.77 bits per heavy atom. The molecule has 0 saturated heterocycles. The Morgan fingerprint density at radius 1 is 1.46 bits per heavy atom. The minimum atomic E-state index is 0.378. The topological polar surface area (TPSA) is 16.1 Å². The number of halogens is 2. The van der Waals surface area contributed by atoms with E-state index in [-0.39, 0.29) is 0 Å². The van der Waals surface area contributed by atoms with Crippen molar-refractivity contribution in [3.8, 4) is 0 Å². The predicted octanol–water partition coefficient (Wildman–Crippen LogP) is 2.84. The monoisotopic (exact) mass is 218 g/mol. The van der Waals surface area contributed by atoms with Crippen LogP contribution in [0.5, 0.6) is 0 Å². The van der Waals surface area contributed by atoms with Crippen molar-refractivity contribution >= 4 is 23.2 Å². The fraction of sp³-hybridized carbons (Fsp3) is 0.444. The second-order valence-corrected chi connectivity index (χ2v) is 3.64. The second-order valence-electron chi connectivity index (χ2n) is 2.91. The Labute approximate surface area is 88.5 Å². The van der Waals surface area contributed by atoms with Gasteiger partial charge >= 0.3 is 0 Å². The molecule has 0 unspecified atom stereocenters. The van der Waals surface area contributed by atoms with Gasteiger partial charge in [-0.25, -0.2) is 4.98 Å². The van der Waals surface area contributed by atoms with Gasteiger partial charge in [0.15, 0.2) is 0 Å². The van der Waals surface area contributed by atoms with Gasteiger partial charge in [0.25, 0.3) is 0 Å². The van der Waals surface area contributed by atoms with E-state index in [2.05, 4.69) is 16.8 Å². The predicted molar refractivity (Wildman–Crippen MR) is 56.3 cm³/mol. The highest BCUT2D eigenvalue weighted by atomic mass is 35.5. The average molecular weight is 219 g/mol. The van der Waals surface area contributed by atoms with Crippen molar-refractivity contribution in [3.63, 3.8) is 0 Å². The molecule has 1 aromatic heterocycles. The third kappa shape index (κ3) is 2.83. The van der Waals surface area contributed by atoms with Crippen LogP contribution in [0, 0.1) is 0 Å². The van der Waals surface area contributed by atoms with Crippen LogP contribution in [-0.2, 0) is 6.54 Å². The first-order valence-corrected chi connectivity index (χ1v) is 4.88. The van der Waals surface area contributed by atoms with Gasteiger partial charge in [0.2, 0.25) is 0 Å². The summed E-state index contributed by atoms with van der Waals surface area (Å²) in [6.07, 6.45) is 1.67. The molecule has 0 atom stereocenters. The van der Waals surface area contributed by atoms with Crippen molar-refractivity contribution in [2.75, 3.05) is 13.6 Å². The van der Waals surface area contributed by atoms with Gasteiger partial charge in [-0.05, 0) is 25.2 Å². The van der Waals surface area contributed by atoms with Gasteiger partial charge in [-0.3, -0.25) is 0 Å². The zero-order valence-electron chi connectivity index (χ0n) is 7.72. The molecule has 0 saturated carbocycles.